The summed E-state index contributed by atoms with van der Waals surface area (Å²) in [4.78, 5) is 10.5. The van der Waals surface area contributed by atoms with Crippen LogP contribution < -0.4 is 11.1 Å². The van der Waals surface area contributed by atoms with E-state index in [0.717, 1.165) is 12.1 Å². The molecular weight excluding hydrogens is 263 g/mol. The number of carboxylic acids is 1. The highest BCUT2D eigenvalue weighted by atomic mass is 19.4. The van der Waals surface area contributed by atoms with Gasteiger partial charge in [0.05, 0.1) is 16.8 Å². The fourth-order valence-electron chi connectivity index (χ4n) is 1.27. The zero-order valence-corrected chi connectivity index (χ0v) is 9.53. The van der Waals surface area contributed by atoms with Crippen molar-refractivity contribution in [3.8, 4) is 6.07 Å². The number of benzene rings is 1. The van der Waals surface area contributed by atoms with Crippen molar-refractivity contribution < 1.29 is 23.1 Å². The summed E-state index contributed by atoms with van der Waals surface area (Å²) >= 11 is 0. The minimum absolute atomic E-state index is 0.104. The number of nitrogens with one attached hydrogen (secondary N) is 1. The van der Waals surface area contributed by atoms with Crippen LogP contribution in [-0.4, -0.2) is 23.7 Å². The summed E-state index contributed by atoms with van der Waals surface area (Å²) in [5, 5.41) is 19.9. The van der Waals surface area contributed by atoms with E-state index in [1.165, 1.54) is 0 Å². The van der Waals surface area contributed by atoms with E-state index < -0.39 is 23.8 Å². The van der Waals surface area contributed by atoms with Crippen LogP contribution >= 0.6 is 0 Å². The van der Waals surface area contributed by atoms with Crippen molar-refractivity contribution in [2.75, 3.05) is 11.9 Å². The van der Waals surface area contributed by atoms with Gasteiger partial charge in [0.2, 0.25) is 0 Å². The van der Waals surface area contributed by atoms with Gasteiger partial charge in [0.15, 0.2) is 0 Å². The molecule has 0 radical (unpaired) electrons. The van der Waals surface area contributed by atoms with Crippen LogP contribution in [0, 0.1) is 11.3 Å². The van der Waals surface area contributed by atoms with Crippen molar-refractivity contribution in [1.82, 2.24) is 0 Å². The second-order valence-corrected chi connectivity index (χ2v) is 3.70. The second kappa shape index (κ2) is 5.58. The minimum atomic E-state index is -4.54. The number of alkyl halides is 3. The number of hydrogen-bond donors (Lipinski definition) is 3. The predicted octanol–water partition coefficient (Wildman–Crippen LogP) is 1.40. The quantitative estimate of drug-likeness (QED) is 0.770. The van der Waals surface area contributed by atoms with Crippen molar-refractivity contribution in [1.29, 1.82) is 5.26 Å². The SMILES string of the molecule is N#Cc1cc(C(F)(F)F)ccc1NCC(N)C(=O)O. The lowest BCUT2D eigenvalue weighted by atomic mass is 10.1. The molecule has 0 aliphatic heterocycles. The Morgan fingerprint density at radius 3 is 2.63 bits per heavy atom. The van der Waals surface area contributed by atoms with Gasteiger partial charge >= 0.3 is 12.1 Å². The van der Waals surface area contributed by atoms with Crippen LogP contribution in [0.2, 0.25) is 0 Å². The topological polar surface area (TPSA) is 99.1 Å². The Kier molecular flexibility index (Phi) is 4.34. The van der Waals surface area contributed by atoms with Gasteiger partial charge in [-0.2, -0.15) is 18.4 Å². The van der Waals surface area contributed by atoms with E-state index in [4.69, 9.17) is 16.1 Å². The molecule has 0 aromatic heterocycles. The van der Waals surface area contributed by atoms with Gasteiger partial charge in [-0.1, -0.05) is 0 Å². The predicted molar refractivity (Wildman–Crippen MR) is 60.3 cm³/mol. The van der Waals surface area contributed by atoms with Crippen LogP contribution in [0.1, 0.15) is 11.1 Å². The first-order chi connectivity index (χ1) is 8.75. The lowest BCUT2D eigenvalue weighted by molar-refractivity contribution is -0.138. The third-order valence-corrected chi connectivity index (χ3v) is 2.30. The minimum Gasteiger partial charge on any atom is -0.480 e. The Morgan fingerprint density at radius 2 is 2.16 bits per heavy atom. The van der Waals surface area contributed by atoms with Crippen LogP contribution in [0.3, 0.4) is 0 Å². The molecule has 1 aromatic carbocycles. The van der Waals surface area contributed by atoms with Crippen LogP contribution in [0.5, 0.6) is 0 Å². The van der Waals surface area contributed by atoms with Gasteiger partial charge in [-0.25, -0.2) is 0 Å². The largest absolute Gasteiger partial charge is 0.480 e. The molecule has 0 saturated carbocycles. The zero-order valence-electron chi connectivity index (χ0n) is 9.53. The van der Waals surface area contributed by atoms with Crippen molar-refractivity contribution in [3.63, 3.8) is 0 Å². The van der Waals surface area contributed by atoms with Crippen LogP contribution in [0.4, 0.5) is 18.9 Å². The van der Waals surface area contributed by atoms with Crippen LogP contribution in [0.25, 0.3) is 0 Å². The fourth-order valence-corrected chi connectivity index (χ4v) is 1.27. The Balaban J connectivity index is 2.92. The molecule has 19 heavy (non-hydrogen) atoms. The molecule has 1 atom stereocenters. The van der Waals surface area contributed by atoms with E-state index in [9.17, 15) is 18.0 Å². The molecule has 8 heteroatoms. The number of halogens is 3. The summed E-state index contributed by atoms with van der Waals surface area (Å²) in [7, 11) is 0. The highest BCUT2D eigenvalue weighted by Gasteiger charge is 2.31. The molecule has 4 N–H and O–H groups in total. The van der Waals surface area contributed by atoms with Gasteiger partial charge in [0.25, 0.3) is 0 Å². The smallest absolute Gasteiger partial charge is 0.416 e. The number of hydrogen-bond acceptors (Lipinski definition) is 4. The number of aliphatic carboxylic acids is 1. The summed E-state index contributed by atoms with van der Waals surface area (Å²) < 4.78 is 37.3. The standard InChI is InChI=1S/C11H10F3N3O2/c12-11(13,14)7-1-2-9(6(3-7)4-15)17-5-8(16)10(18)19/h1-3,8,17H,5,16H2,(H,18,19). The lowest BCUT2D eigenvalue weighted by Crippen LogP contribution is -2.37. The number of carboxylic acid groups (broad SMARTS) is 1. The number of nitriles is 1. The summed E-state index contributed by atoms with van der Waals surface area (Å²) in [6, 6.07) is 2.95. The van der Waals surface area contributed by atoms with E-state index in [2.05, 4.69) is 5.32 Å². The van der Waals surface area contributed by atoms with E-state index in [1.54, 1.807) is 6.07 Å². The second-order valence-electron chi connectivity index (χ2n) is 3.70. The zero-order chi connectivity index (χ0) is 14.6. The first-order valence-electron chi connectivity index (χ1n) is 5.09. The molecule has 1 rings (SSSR count). The molecule has 0 aliphatic carbocycles. The maximum absolute atomic E-state index is 12.4. The average Bonchev–Trinajstić information content (AvgIpc) is 2.34. The Morgan fingerprint density at radius 1 is 1.53 bits per heavy atom. The summed E-state index contributed by atoms with van der Waals surface area (Å²) in [5.74, 6) is -1.25. The molecule has 102 valence electrons. The highest BCUT2D eigenvalue weighted by Crippen LogP contribution is 2.31. The number of carbonyl (C=O) groups is 1. The first-order valence-corrected chi connectivity index (χ1v) is 5.09. The van der Waals surface area contributed by atoms with Gasteiger partial charge in [-0.3, -0.25) is 4.79 Å². The van der Waals surface area contributed by atoms with Crippen LogP contribution in [-0.2, 0) is 11.0 Å². The normalized spacial score (nSPS) is 12.6. The summed E-state index contributed by atoms with van der Waals surface area (Å²) in [6.45, 7) is -0.199. The van der Waals surface area contributed by atoms with Crippen LogP contribution in [0.15, 0.2) is 18.2 Å². The molecule has 0 bridgehead atoms. The van der Waals surface area contributed by atoms with Gasteiger partial charge in [-0.05, 0) is 18.2 Å². The molecule has 0 saturated heterocycles. The number of anilines is 1. The molecule has 0 spiro atoms. The Bertz CT molecular complexity index is 523. The third kappa shape index (κ3) is 3.86. The summed E-state index contributed by atoms with van der Waals surface area (Å²) in [5.41, 5.74) is 4.16. The third-order valence-electron chi connectivity index (χ3n) is 2.30. The van der Waals surface area contributed by atoms with E-state index >= 15 is 0 Å². The first kappa shape index (κ1) is 14.8. The lowest BCUT2D eigenvalue weighted by Gasteiger charge is -2.13. The van der Waals surface area contributed by atoms with Crippen molar-refractivity contribution in [2.45, 2.75) is 12.2 Å². The van der Waals surface area contributed by atoms with Gasteiger partial charge in [0, 0.05) is 6.54 Å². The molecule has 5 nitrogen and oxygen atoms in total. The van der Waals surface area contributed by atoms with Gasteiger partial charge in [-0.15, -0.1) is 0 Å². The maximum atomic E-state index is 12.4. The van der Waals surface area contributed by atoms with Gasteiger partial charge in [0.1, 0.15) is 12.1 Å². The fraction of sp³-hybridized carbons (Fsp3) is 0.273. The highest BCUT2D eigenvalue weighted by molar-refractivity contribution is 5.74. The van der Waals surface area contributed by atoms with Crippen molar-refractivity contribution in [2.24, 2.45) is 5.73 Å². The van der Waals surface area contributed by atoms with Crippen molar-refractivity contribution >= 4 is 11.7 Å². The monoisotopic (exact) mass is 273 g/mol. The molecular formula is C11H10F3N3O2. The summed E-state index contributed by atoms with van der Waals surface area (Å²) in [6.07, 6.45) is -4.54. The maximum Gasteiger partial charge on any atom is 0.416 e. The molecule has 0 fully saturated rings. The number of nitrogens with zero attached hydrogens (tertiary/aromatic N) is 1. The molecule has 0 heterocycles. The Labute approximate surface area is 106 Å². The molecule has 1 unspecified atom stereocenters. The van der Waals surface area contributed by atoms with E-state index in [1.807, 2.05) is 0 Å². The number of nitrogens with two attached hydrogens (primary N) is 1. The molecule has 0 amide bonds. The van der Waals surface area contributed by atoms with Crippen molar-refractivity contribution in [3.05, 3.63) is 29.3 Å². The van der Waals surface area contributed by atoms with Gasteiger partial charge < -0.3 is 16.2 Å². The number of rotatable bonds is 4. The van der Waals surface area contributed by atoms with E-state index in [0.29, 0.717) is 6.07 Å². The Hall–Kier alpha value is -2.27. The average molecular weight is 273 g/mol. The molecule has 1 aromatic rings. The molecule has 0 aliphatic rings. The van der Waals surface area contributed by atoms with E-state index in [-0.39, 0.29) is 17.8 Å².